The van der Waals surface area contributed by atoms with Gasteiger partial charge in [0.1, 0.15) is 0 Å². The van der Waals surface area contributed by atoms with E-state index in [2.05, 4.69) is 20.8 Å². The average molecular weight is 184 g/mol. The SMILES string of the molecule is CC.CCCCC1CC(C)C(C)C1. The van der Waals surface area contributed by atoms with Gasteiger partial charge >= 0.3 is 0 Å². The predicted octanol–water partition coefficient (Wildman–Crippen LogP) is 4.89. The minimum absolute atomic E-state index is 0.997. The van der Waals surface area contributed by atoms with Crippen LogP contribution in [0.25, 0.3) is 0 Å². The van der Waals surface area contributed by atoms with Crippen molar-refractivity contribution in [1.29, 1.82) is 0 Å². The Morgan fingerprint density at radius 3 is 1.85 bits per heavy atom. The largest absolute Gasteiger partial charge is 0.0683 e. The zero-order chi connectivity index (χ0) is 10.3. The van der Waals surface area contributed by atoms with Gasteiger partial charge in [0.2, 0.25) is 0 Å². The first kappa shape index (κ1) is 13.0. The fourth-order valence-electron chi connectivity index (χ4n) is 2.34. The molecule has 0 bridgehead atoms. The predicted molar refractivity (Wildman–Crippen MR) is 61.9 cm³/mol. The highest BCUT2D eigenvalue weighted by atomic mass is 14.3. The summed E-state index contributed by atoms with van der Waals surface area (Å²) in [6.07, 6.45) is 7.32. The Balaban J connectivity index is 0.000000671. The maximum absolute atomic E-state index is 2.41. The quantitative estimate of drug-likeness (QED) is 0.586. The molecule has 0 amide bonds. The molecule has 0 N–H and O–H groups in total. The molecule has 1 saturated carbocycles. The van der Waals surface area contributed by atoms with Crippen LogP contribution in [0.5, 0.6) is 0 Å². The maximum atomic E-state index is 2.41. The van der Waals surface area contributed by atoms with E-state index in [1.807, 2.05) is 13.8 Å². The Bertz CT molecular complexity index is 96.6. The molecule has 0 aromatic heterocycles. The second-order valence-electron chi connectivity index (χ2n) is 4.43. The fraction of sp³-hybridized carbons (Fsp3) is 1.00. The van der Waals surface area contributed by atoms with Crippen LogP contribution in [0.1, 0.15) is 66.7 Å². The second kappa shape index (κ2) is 7.41. The van der Waals surface area contributed by atoms with Gasteiger partial charge in [0.05, 0.1) is 0 Å². The van der Waals surface area contributed by atoms with E-state index >= 15 is 0 Å². The van der Waals surface area contributed by atoms with Crippen LogP contribution < -0.4 is 0 Å². The molecule has 1 fully saturated rings. The number of hydrogen-bond acceptors (Lipinski definition) is 0. The summed E-state index contributed by atoms with van der Waals surface area (Å²) in [7, 11) is 0. The normalized spacial score (nSPS) is 32.5. The molecule has 0 radical (unpaired) electrons. The van der Waals surface area contributed by atoms with E-state index < -0.39 is 0 Å². The van der Waals surface area contributed by atoms with Gasteiger partial charge in [0.25, 0.3) is 0 Å². The van der Waals surface area contributed by atoms with E-state index in [0.29, 0.717) is 0 Å². The first-order valence-electron chi connectivity index (χ1n) is 6.24. The summed E-state index contributed by atoms with van der Waals surface area (Å²) >= 11 is 0. The van der Waals surface area contributed by atoms with Crippen molar-refractivity contribution >= 4 is 0 Å². The second-order valence-corrected chi connectivity index (χ2v) is 4.43. The van der Waals surface area contributed by atoms with E-state index in [4.69, 9.17) is 0 Å². The van der Waals surface area contributed by atoms with Crippen molar-refractivity contribution < 1.29 is 0 Å². The summed E-state index contributed by atoms with van der Waals surface area (Å²) in [5.74, 6) is 3.06. The molecule has 2 atom stereocenters. The van der Waals surface area contributed by atoms with Crippen LogP contribution in [-0.2, 0) is 0 Å². The summed E-state index contributed by atoms with van der Waals surface area (Å²) in [6.45, 7) is 11.1. The standard InChI is InChI=1S/C11H22.C2H6/c1-4-5-6-11-7-9(2)10(3)8-11;1-2/h9-11H,4-8H2,1-3H3;1-2H3. The Labute approximate surface area is 85.1 Å². The lowest BCUT2D eigenvalue weighted by Gasteiger charge is -2.06. The van der Waals surface area contributed by atoms with Crippen LogP contribution in [-0.4, -0.2) is 0 Å². The Morgan fingerprint density at radius 2 is 1.46 bits per heavy atom. The smallest absolute Gasteiger partial charge is 0.0409 e. The highest BCUT2D eigenvalue weighted by molar-refractivity contribution is 4.77. The molecule has 0 spiro atoms. The molecule has 0 nitrogen and oxygen atoms in total. The molecule has 1 aliphatic carbocycles. The summed E-state index contributed by atoms with van der Waals surface area (Å²) in [6, 6.07) is 0. The van der Waals surface area contributed by atoms with Crippen LogP contribution in [0, 0.1) is 17.8 Å². The zero-order valence-corrected chi connectivity index (χ0v) is 10.3. The zero-order valence-electron chi connectivity index (χ0n) is 10.3. The van der Waals surface area contributed by atoms with Crippen LogP contribution in [0.3, 0.4) is 0 Å². The molecule has 80 valence electrons. The molecular weight excluding hydrogens is 156 g/mol. The van der Waals surface area contributed by atoms with E-state index in [0.717, 1.165) is 17.8 Å². The first-order chi connectivity index (χ1) is 6.24. The lowest BCUT2D eigenvalue weighted by atomic mass is 10.00. The van der Waals surface area contributed by atoms with Gasteiger partial charge in [-0.1, -0.05) is 53.9 Å². The molecule has 1 rings (SSSR count). The van der Waals surface area contributed by atoms with Crippen LogP contribution in [0.2, 0.25) is 0 Å². The van der Waals surface area contributed by atoms with Crippen molar-refractivity contribution in [3.63, 3.8) is 0 Å². The van der Waals surface area contributed by atoms with Crippen molar-refractivity contribution in [2.24, 2.45) is 17.8 Å². The minimum atomic E-state index is 0.997. The minimum Gasteiger partial charge on any atom is -0.0683 e. The highest BCUT2D eigenvalue weighted by Crippen LogP contribution is 2.38. The lowest BCUT2D eigenvalue weighted by Crippen LogP contribution is -1.95. The maximum Gasteiger partial charge on any atom is -0.0409 e. The molecule has 0 saturated heterocycles. The summed E-state index contributed by atoms with van der Waals surface area (Å²) in [5.41, 5.74) is 0. The third-order valence-electron chi connectivity index (χ3n) is 3.35. The van der Waals surface area contributed by atoms with Crippen molar-refractivity contribution in [3.05, 3.63) is 0 Å². The molecule has 2 unspecified atom stereocenters. The van der Waals surface area contributed by atoms with Gasteiger partial charge in [0.15, 0.2) is 0 Å². The summed E-state index contributed by atoms with van der Waals surface area (Å²) in [5, 5.41) is 0. The fourth-order valence-corrected chi connectivity index (χ4v) is 2.34. The van der Waals surface area contributed by atoms with Gasteiger partial charge in [-0.25, -0.2) is 0 Å². The molecule has 1 aliphatic rings. The van der Waals surface area contributed by atoms with Crippen LogP contribution >= 0.6 is 0 Å². The van der Waals surface area contributed by atoms with Crippen molar-refractivity contribution in [2.45, 2.75) is 66.7 Å². The summed E-state index contributed by atoms with van der Waals surface area (Å²) < 4.78 is 0. The summed E-state index contributed by atoms with van der Waals surface area (Å²) in [4.78, 5) is 0. The third-order valence-corrected chi connectivity index (χ3v) is 3.35. The monoisotopic (exact) mass is 184 g/mol. The molecule has 0 aromatic rings. The van der Waals surface area contributed by atoms with Gasteiger partial charge in [-0.05, 0) is 30.6 Å². The Kier molecular flexibility index (Phi) is 7.41. The van der Waals surface area contributed by atoms with Gasteiger partial charge in [-0.2, -0.15) is 0 Å². The third kappa shape index (κ3) is 4.69. The topological polar surface area (TPSA) is 0 Å². The highest BCUT2D eigenvalue weighted by Gasteiger charge is 2.26. The number of rotatable bonds is 3. The van der Waals surface area contributed by atoms with Gasteiger partial charge in [-0.3, -0.25) is 0 Å². The van der Waals surface area contributed by atoms with Crippen LogP contribution in [0.4, 0.5) is 0 Å². The lowest BCUT2D eigenvalue weighted by molar-refractivity contribution is 0.457. The molecular formula is C13H28. The van der Waals surface area contributed by atoms with Crippen molar-refractivity contribution in [2.75, 3.05) is 0 Å². The van der Waals surface area contributed by atoms with E-state index in [-0.39, 0.29) is 0 Å². The number of unbranched alkanes of at least 4 members (excludes halogenated alkanes) is 1. The number of hydrogen-bond donors (Lipinski definition) is 0. The first-order valence-corrected chi connectivity index (χ1v) is 6.24. The van der Waals surface area contributed by atoms with Gasteiger partial charge < -0.3 is 0 Å². The van der Waals surface area contributed by atoms with E-state index in [1.54, 1.807) is 0 Å². The van der Waals surface area contributed by atoms with Crippen molar-refractivity contribution in [3.8, 4) is 0 Å². The molecule has 0 heteroatoms. The van der Waals surface area contributed by atoms with E-state index in [1.165, 1.54) is 32.1 Å². The molecule has 13 heavy (non-hydrogen) atoms. The molecule has 0 aliphatic heterocycles. The molecule has 0 aromatic carbocycles. The van der Waals surface area contributed by atoms with E-state index in [9.17, 15) is 0 Å². The van der Waals surface area contributed by atoms with Gasteiger partial charge in [0, 0.05) is 0 Å². The van der Waals surface area contributed by atoms with Gasteiger partial charge in [-0.15, -0.1) is 0 Å². The van der Waals surface area contributed by atoms with Crippen LogP contribution in [0.15, 0.2) is 0 Å². The average Bonchev–Trinajstić information content (AvgIpc) is 2.46. The molecule has 0 heterocycles. The van der Waals surface area contributed by atoms with Crippen molar-refractivity contribution in [1.82, 2.24) is 0 Å². The Morgan fingerprint density at radius 1 is 1.00 bits per heavy atom. The Hall–Kier alpha value is 0.